The van der Waals surface area contributed by atoms with Crippen LogP contribution in [0.4, 0.5) is 5.13 Å². The van der Waals surface area contributed by atoms with Gasteiger partial charge in [0.1, 0.15) is 0 Å². The van der Waals surface area contributed by atoms with Gasteiger partial charge in [0, 0.05) is 33.8 Å². The van der Waals surface area contributed by atoms with Crippen molar-refractivity contribution < 1.29 is 4.79 Å². The maximum atomic E-state index is 12.8. The summed E-state index contributed by atoms with van der Waals surface area (Å²) in [6, 6.07) is 23.3. The third kappa shape index (κ3) is 6.05. The van der Waals surface area contributed by atoms with Crippen LogP contribution in [-0.4, -0.2) is 31.4 Å². The number of para-hydroxylation sites is 1. The van der Waals surface area contributed by atoms with Crippen LogP contribution in [0.25, 0.3) is 17.1 Å². The van der Waals surface area contributed by atoms with Gasteiger partial charge in [-0.2, -0.15) is 0 Å². The fraction of sp³-hybridized carbons (Fsp3) is 0.111. The molecule has 0 saturated heterocycles. The third-order valence-electron chi connectivity index (χ3n) is 5.51. The number of thioether (sulfide) groups is 1. The Morgan fingerprint density at radius 2 is 1.78 bits per heavy atom. The topological polar surface area (TPSA) is 72.7 Å². The summed E-state index contributed by atoms with van der Waals surface area (Å²) < 4.78 is 1.91. The van der Waals surface area contributed by atoms with Gasteiger partial charge in [0.15, 0.2) is 16.1 Å². The molecule has 0 bridgehead atoms. The van der Waals surface area contributed by atoms with E-state index in [1.54, 1.807) is 6.20 Å². The lowest BCUT2D eigenvalue weighted by molar-refractivity contribution is -0.113. The first-order valence-corrected chi connectivity index (χ1v) is 13.9. The largest absolute Gasteiger partial charge is 0.301 e. The van der Waals surface area contributed by atoms with Crippen molar-refractivity contribution in [3.8, 4) is 17.1 Å². The molecule has 0 unspecified atom stereocenters. The maximum Gasteiger partial charge on any atom is 0.236 e. The zero-order valence-electron chi connectivity index (χ0n) is 19.7. The van der Waals surface area contributed by atoms with Crippen LogP contribution in [0, 0.1) is 6.92 Å². The molecule has 5 rings (SSSR count). The Bertz CT molecular complexity index is 1550. The molecule has 0 fully saturated rings. The van der Waals surface area contributed by atoms with E-state index in [2.05, 4.69) is 26.6 Å². The number of nitrogens with zero attached hydrogens (tertiary/aromatic N) is 4. The van der Waals surface area contributed by atoms with Crippen molar-refractivity contribution in [2.75, 3.05) is 11.1 Å². The van der Waals surface area contributed by atoms with E-state index in [1.807, 2.05) is 78.2 Å². The summed E-state index contributed by atoms with van der Waals surface area (Å²) in [6.45, 7) is 1.98. The number of carbonyl (C=O) groups excluding carboxylic acids is 1. The first kappa shape index (κ1) is 25.5. The number of aromatic nitrogens is 4. The van der Waals surface area contributed by atoms with Gasteiger partial charge in [-0.25, -0.2) is 4.98 Å². The fourth-order valence-corrected chi connectivity index (χ4v) is 5.71. The number of nitrogens with one attached hydrogen (secondary N) is 1. The van der Waals surface area contributed by atoms with Crippen molar-refractivity contribution >= 4 is 57.3 Å². The highest BCUT2D eigenvalue weighted by Crippen LogP contribution is 2.32. The number of rotatable bonds is 8. The molecular formula is C27H21Cl2N5OS2. The number of benzene rings is 3. The van der Waals surface area contributed by atoms with Crippen LogP contribution in [0.5, 0.6) is 0 Å². The molecule has 0 radical (unpaired) electrons. The molecule has 0 saturated carbocycles. The summed E-state index contributed by atoms with van der Waals surface area (Å²) in [7, 11) is 0. The highest BCUT2D eigenvalue weighted by Gasteiger charge is 2.19. The Hall–Kier alpha value is -3.17. The molecule has 1 amide bonds. The molecule has 0 atom stereocenters. The molecule has 5 aromatic rings. The molecule has 6 nitrogen and oxygen atoms in total. The molecule has 10 heteroatoms. The van der Waals surface area contributed by atoms with E-state index in [0.717, 1.165) is 32.3 Å². The molecule has 2 heterocycles. The van der Waals surface area contributed by atoms with Crippen LogP contribution in [-0.2, 0) is 11.2 Å². The molecule has 0 aliphatic carbocycles. The van der Waals surface area contributed by atoms with Crippen molar-refractivity contribution in [2.24, 2.45) is 0 Å². The molecule has 0 aliphatic heterocycles. The number of aryl methyl sites for hydroxylation is 1. The summed E-state index contributed by atoms with van der Waals surface area (Å²) in [5.74, 6) is 0.586. The van der Waals surface area contributed by atoms with Crippen molar-refractivity contribution in [2.45, 2.75) is 18.5 Å². The molecule has 3 aromatic carbocycles. The molecule has 0 aliphatic rings. The number of anilines is 1. The van der Waals surface area contributed by atoms with Crippen LogP contribution in [0.2, 0.25) is 10.0 Å². The van der Waals surface area contributed by atoms with Crippen LogP contribution in [0.3, 0.4) is 0 Å². The number of carbonyl (C=O) groups is 1. The Balaban J connectivity index is 1.28. The number of amides is 1. The Labute approximate surface area is 232 Å². The van der Waals surface area contributed by atoms with E-state index >= 15 is 0 Å². The van der Waals surface area contributed by atoms with E-state index in [-0.39, 0.29) is 11.7 Å². The van der Waals surface area contributed by atoms with Crippen molar-refractivity contribution in [3.05, 3.63) is 105 Å². The number of halogens is 2. The summed E-state index contributed by atoms with van der Waals surface area (Å²) in [5.41, 5.74) is 3.79. The third-order valence-corrected chi connectivity index (χ3v) is 8.09. The number of thiazole rings is 1. The number of hydrogen-bond acceptors (Lipinski definition) is 6. The van der Waals surface area contributed by atoms with Gasteiger partial charge >= 0.3 is 0 Å². The summed E-state index contributed by atoms with van der Waals surface area (Å²) in [6.07, 6.45) is 2.48. The van der Waals surface area contributed by atoms with E-state index < -0.39 is 0 Å². The lowest BCUT2D eigenvalue weighted by Crippen LogP contribution is -2.14. The Kier molecular flexibility index (Phi) is 7.90. The minimum Gasteiger partial charge on any atom is -0.301 e. The minimum absolute atomic E-state index is 0.149. The zero-order valence-corrected chi connectivity index (χ0v) is 22.8. The smallest absolute Gasteiger partial charge is 0.236 e. The van der Waals surface area contributed by atoms with Crippen molar-refractivity contribution in [1.29, 1.82) is 0 Å². The van der Waals surface area contributed by atoms with E-state index in [9.17, 15) is 4.79 Å². The van der Waals surface area contributed by atoms with Crippen LogP contribution < -0.4 is 5.32 Å². The molecule has 1 N–H and O–H groups in total. The second-order valence-corrected chi connectivity index (χ2v) is 11.1. The van der Waals surface area contributed by atoms with Crippen LogP contribution >= 0.6 is 46.3 Å². The van der Waals surface area contributed by atoms with E-state index in [1.165, 1.54) is 23.1 Å². The van der Waals surface area contributed by atoms with Gasteiger partial charge in [0.2, 0.25) is 5.91 Å². The SMILES string of the molecule is Cc1ccc(Cc2cnc(NC(=O)CSc3nnc(-c4ccccc4Cl)n3-c3ccccc3)s2)cc1Cl. The summed E-state index contributed by atoms with van der Waals surface area (Å²) >= 11 is 15.4. The zero-order chi connectivity index (χ0) is 25.8. The van der Waals surface area contributed by atoms with Gasteiger partial charge in [0.25, 0.3) is 0 Å². The summed E-state index contributed by atoms with van der Waals surface area (Å²) in [5, 5.41) is 14.1. The van der Waals surface area contributed by atoms with Gasteiger partial charge < -0.3 is 5.32 Å². The van der Waals surface area contributed by atoms with Crippen molar-refractivity contribution in [3.63, 3.8) is 0 Å². The quantitative estimate of drug-likeness (QED) is 0.199. The minimum atomic E-state index is -0.175. The fourth-order valence-electron chi connectivity index (χ4n) is 3.67. The molecule has 37 heavy (non-hydrogen) atoms. The van der Waals surface area contributed by atoms with Gasteiger partial charge in [-0.1, -0.05) is 77.4 Å². The lowest BCUT2D eigenvalue weighted by Gasteiger charge is -2.11. The van der Waals surface area contributed by atoms with Crippen molar-refractivity contribution in [1.82, 2.24) is 19.7 Å². The molecule has 2 aromatic heterocycles. The second kappa shape index (κ2) is 11.5. The van der Waals surface area contributed by atoms with E-state index in [4.69, 9.17) is 23.2 Å². The first-order chi connectivity index (χ1) is 18.0. The second-order valence-electron chi connectivity index (χ2n) is 8.19. The van der Waals surface area contributed by atoms with Crippen LogP contribution in [0.1, 0.15) is 16.0 Å². The maximum absolute atomic E-state index is 12.8. The molecular weight excluding hydrogens is 545 g/mol. The summed E-state index contributed by atoms with van der Waals surface area (Å²) in [4.78, 5) is 18.2. The lowest BCUT2D eigenvalue weighted by atomic mass is 10.1. The van der Waals surface area contributed by atoms with Gasteiger partial charge in [-0.3, -0.25) is 9.36 Å². The van der Waals surface area contributed by atoms with Gasteiger partial charge in [-0.15, -0.1) is 21.5 Å². The normalized spacial score (nSPS) is 11.0. The average molecular weight is 567 g/mol. The highest BCUT2D eigenvalue weighted by molar-refractivity contribution is 7.99. The van der Waals surface area contributed by atoms with Gasteiger partial charge in [-0.05, 0) is 48.4 Å². The predicted octanol–water partition coefficient (Wildman–Crippen LogP) is 7.33. The van der Waals surface area contributed by atoms with E-state index in [0.29, 0.717) is 27.6 Å². The number of hydrogen-bond donors (Lipinski definition) is 1. The van der Waals surface area contributed by atoms with Crippen LogP contribution in [0.15, 0.2) is 84.1 Å². The first-order valence-electron chi connectivity index (χ1n) is 11.4. The Morgan fingerprint density at radius 1 is 1.00 bits per heavy atom. The highest BCUT2D eigenvalue weighted by atomic mass is 35.5. The predicted molar refractivity (Wildman–Crippen MR) is 152 cm³/mol. The molecule has 0 spiro atoms. The Morgan fingerprint density at radius 3 is 2.57 bits per heavy atom. The average Bonchev–Trinajstić information content (AvgIpc) is 3.52. The standard InChI is InChI=1S/C27H21Cl2N5OS2/c1-17-11-12-18(14-23(17)29)13-20-15-30-26(37-20)31-24(35)16-36-27-33-32-25(21-9-5-6-10-22(21)28)34(27)19-7-3-2-4-8-19/h2-12,14-15H,13,16H2,1H3,(H,30,31,35). The molecule has 186 valence electrons. The van der Waals surface area contributed by atoms with Gasteiger partial charge in [0.05, 0.1) is 10.8 Å². The monoisotopic (exact) mass is 565 g/mol.